The summed E-state index contributed by atoms with van der Waals surface area (Å²) in [7, 11) is 0. The van der Waals surface area contributed by atoms with Gasteiger partial charge in [0.25, 0.3) is 0 Å². The number of hydrogen-bond donors (Lipinski definition) is 2. The Morgan fingerprint density at radius 1 is 1.35 bits per heavy atom. The Hall–Kier alpha value is -1.75. The van der Waals surface area contributed by atoms with Crippen molar-refractivity contribution in [2.75, 3.05) is 19.7 Å². The molecule has 0 aromatic heterocycles. The van der Waals surface area contributed by atoms with E-state index < -0.39 is 12.0 Å². The van der Waals surface area contributed by atoms with Crippen LogP contribution >= 0.6 is 0 Å². The number of carboxylic acids is 1. The van der Waals surface area contributed by atoms with Crippen molar-refractivity contribution in [2.45, 2.75) is 32.2 Å². The van der Waals surface area contributed by atoms with Gasteiger partial charge in [-0.1, -0.05) is 12.5 Å². The number of hydrogen-bond acceptors (Lipinski definition) is 4. The van der Waals surface area contributed by atoms with Gasteiger partial charge in [-0.25, -0.2) is 0 Å². The second-order valence-electron chi connectivity index (χ2n) is 5.00. The van der Waals surface area contributed by atoms with Crippen molar-refractivity contribution >= 4 is 5.97 Å². The maximum absolute atomic E-state index is 11.6. The zero-order valence-corrected chi connectivity index (χ0v) is 11.7. The van der Waals surface area contributed by atoms with E-state index in [-0.39, 0.29) is 5.75 Å². The number of ether oxygens (including phenoxy) is 1. The van der Waals surface area contributed by atoms with Crippen molar-refractivity contribution in [2.24, 2.45) is 0 Å². The summed E-state index contributed by atoms with van der Waals surface area (Å²) in [6.45, 7) is 3.84. The van der Waals surface area contributed by atoms with Crippen LogP contribution in [0.5, 0.6) is 11.5 Å². The quantitative estimate of drug-likeness (QED) is 0.866. The van der Waals surface area contributed by atoms with E-state index in [4.69, 9.17) is 4.74 Å². The van der Waals surface area contributed by atoms with Gasteiger partial charge < -0.3 is 14.9 Å². The Kier molecular flexibility index (Phi) is 4.84. The highest BCUT2D eigenvalue weighted by molar-refractivity contribution is 5.76. The standard InChI is InChI=1S/C15H21NO4/c1-2-20-13-10-11(6-7-12(13)17)14(15(18)19)16-8-4-3-5-9-16/h6-7,10,14,17H,2-5,8-9H2,1H3,(H,18,19). The average molecular weight is 279 g/mol. The third-order valence-corrected chi connectivity index (χ3v) is 3.59. The minimum atomic E-state index is -0.861. The summed E-state index contributed by atoms with van der Waals surface area (Å²) in [4.78, 5) is 13.6. The minimum absolute atomic E-state index is 0.0402. The average Bonchev–Trinajstić information content (AvgIpc) is 2.44. The number of phenolic OH excluding ortho intramolecular Hbond substituents is 1. The van der Waals surface area contributed by atoms with Crippen LogP contribution in [0, 0.1) is 0 Å². The lowest BCUT2D eigenvalue weighted by molar-refractivity contribution is -0.144. The molecule has 0 bridgehead atoms. The predicted molar refractivity (Wildman–Crippen MR) is 75.1 cm³/mol. The fraction of sp³-hybridized carbons (Fsp3) is 0.533. The van der Waals surface area contributed by atoms with E-state index in [0.29, 0.717) is 17.9 Å². The van der Waals surface area contributed by atoms with Crippen molar-refractivity contribution in [3.63, 3.8) is 0 Å². The van der Waals surface area contributed by atoms with Gasteiger partial charge in [-0.2, -0.15) is 0 Å². The van der Waals surface area contributed by atoms with Gasteiger partial charge in [0.1, 0.15) is 6.04 Å². The number of likely N-dealkylation sites (tertiary alicyclic amines) is 1. The molecule has 5 heteroatoms. The SMILES string of the molecule is CCOc1cc(C(C(=O)O)N2CCCCC2)ccc1O. The number of carboxylic acid groups (broad SMARTS) is 1. The number of carbonyl (C=O) groups is 1. The molecule has 0 radical (unpaired) electrons. The fourth-order valence-electron chi connectivity index (χ4n) is 2.66. The monoisotopic (exact) mass is 279 g/mol. The van der Waals surface area contributed by atoms with Crippen LogP contribution in [-0.4, -0.2) is 40.8 Å². The number of benzene rings is 1. The van der Waals surface area contributed by atoms with Gasteiger partial charge in [-0.3, -0.25) is 9.69 Å². The van der Waals surface area contributed by atoms with Gasteiger partial charge in [0.05, 0.1) is 6.61 Å². The van der Waals surface area contributed by atoms with E-state index >= 15 is 0 Å². The van der Waals surface area contributed by atoms with E-state index in [1.54, 1.807) is 12.1 Å². The summed E-state index contributed by atoms with van der Waals surface area (Å²) in [6.07, 6.45) is 3.21. The van der Waals surface area contributed by atoms with E-state index in [9.17, 15) is 15.0 Å². The second kappa shape index (κ2) is 6.61. The topological polar surface area (TPSA) is 70.0 Å². The van der Waals surface area contributed by atoms with Crippen LogP contribution in [0.1, 0.15) is 37.8 Å². The fourth-order valence-corrected chi connectivity index (χ4v) is 2.66. The number of phenols is 1. The van der Waals surface area contributed by atoms with Crippen molar-refractivity contribution in [3.8, 4) is 11.5 Å². The second-order valence-corrected chi connectivity index (χ2v) is 5.00. The highest BCUT2D eigenvalue weighted by Crippen LogP contribution is 2.32. The molecule has 110 valence electrons. The van der Waals surface area contributed by atoms with Crippen molar-refractivity contribution in [1.82, 2.24) is 4.90 Å². The van der Waals surface area contributed by atoms with Crippen molar-refractivity contribution < 1.29 is 19.7 Å². The molecule has 1 aromatic rings. The van der Waals surface area contributed by atoms with Gasteiger partial charge in [-0.15, -0.1) is 0 Å². The molecule has 2 rings (SSSR count). The van der Waals surface area contributed by atoms with Crippen LogP contribution in [0.4, 0.5) is 0 Å². The van der Waals surface area contributed by atoms with Gasteiger partial charge in [0.2, 0.25) is 0 Å². The van der Waals surface area contributed by atoms with Gasteiger partial charge in [0.15, 0.2) is 11.5 Å². The third-order valence-electron chi connectivity index (χ3n) is 3.59. The van der Waals surface area contributed by atoms with E-state index in [2.05, 4.69) is 0 Å². The lowest BCUT2D eigenvalue weighted by Gasteiger charge is -2.32. The molecule has 1 aliphatic rings. The first-order chi connectivity index (χ1) is 9.63. The van der Waals surface area contributed by atoms with Gasteiger partial charge >= 0.3 is 5.97 Å². The Morgan fingerprint density at radius 3 is 2.65 bits per heavy atom. The number of aromatic hydroxyl groups is 1. The van der Waals surface area contributed by atoms with Gasteiger partial charge in [0, 0.05) is 0 Å². The van der Waals surface area contributed by atoms with Crippen LogP contribution in [0.25, 0.3) is 0 Å². The third kappa shape index (κ3) is 3.22. The normalized spacial score (nSPS) is 17.6. The van der Waals surface area contributed by atoms with Crippen molar-refractivity contribution in [1.29, 1.82) is 0 Å². The lowest BCUT2D eigenvalue weighted by Crippen LogP contribution is -2.37. The molecule has 0 amide bonds. The lowest BCUT2D eigenvalue weighted by atomic mass is 10.0. The predicted octanol–water partition coefficient (Wildman–Crippen LogP) is 2.40. The van der Waals surface area contributed by atoms with Crippen molar-refractivity contribution in [3.05, 3.63) is 23.8 Å². The van der Waals surface area contributed by atoms with Crippen LogP contribution in [0.2, 0.25) is 0 Å². The Morgan fingerprint density at radius 2 is 2.05 bits per heavy atom. The molecule has 0 aliphatic carbocycles. The Bertz CT molecular complexity index is 469. The Labute approximate surface area is 118 Å². The highest BCUT2D eigenvalue weighted by atomic mass is 16.5. The first-order valence-electron chi connectivity index (χ1n) is 7.06. The molecule has 0 saturated carbocycles. The highest BCUT2D eigenvalue weighted by Gasteiger charge is 2.29. The Balaban J connectivity index is 2.28. The number of rotatable bonds is 5. The summed E-state index contributed by atoms with van der Waals surface area (Å²) in [5.74, 6) is -0.480. The zero-order chi connectivity index (χ0) is 14.5. The molecule has 1 fully saturated rings. The summed E-state index contributed by atoms with van der Waals surface area (Å²) in [5.41, 5.74) is 0.653. The molecule has 1 unspecified atom stereocenters. The largest absolute Gasteiger partial charge is 0.504 e. The maximum atomic E-state index is 11.6. The van der Waals surface area contributed by atoms with Crippen LogP contribution in [-0.2, 0) is 4.79 Å². The molecule has 1 atom stereocenters. The zero-order valence-electron chi connectivity index (χ0n) is 11.7. The molecule has 1 aromatic carbocycles. The van der Waals surface area contributed by atoms with Gasteiger partial charge in [-0.05, 0) is 50.6 Å². The molecule has 1 aliphatic heterocycles. The molecular weight excluding hydrogens is 258 g/mol. The first kappa shape index (κ1) is 14.7. The molecule has 0 spiro atoms. The minimum Gasteiger partial charge on any atom is -0.504 e. The number of aliphatic carboxylic acids is 1. The van der Waals surface area contributed by atoms with Crippen LogP contribution < -0.4 is 4.74 Å². The summed E-state index contributed by atoms with van der Waals surface area (Å²) in [5, 5.41) is 19.2. The molecule has 1 heterocycles. The van der Waals surface area contributed by atoms with E-state index in [1.807, 2.05) is 11.8 Å². The summed E-state index contributed by atoms with van der Waals surface area (Å²) < 4.78 is 5.33. The summed E-state index contributed by atoms with van der Waals surface area (Å²) >= 11 is 0. The molecule has 20 heavy (non-hydrogen) atoms. The molecule has 1 saturated heterocycles. The first-order valence-corrected chi connectivity index (χ1v) is 7.06. The number of piperidine rings is 1. The maximum Gasteiger partial charge on any atom is 0.325 e. The molecule has 5 nitrogen and oxygen atoms in total. The van der Waals surface area contributed by atoms with E-state index in [0.717, 1.165) is 32.4 Å². The van der Waals surface area contributed by atoms with Crippen LogP contribution in [0.3, 0.4) is 0 Å². The number of nitrogens with zero attached hydrogens (tertiary/aromatic N) is 1. The molecular formula is C15H21NO4. The summed E-state index contributed by atoms with van der Waals surface area (Å²) in [6, 6.07) is 4.12. The van der Waals surface area contributed by atoms with E-state index in [1.165, 1.54) is 6.07 Å². The molecule has 2 N–H and O–H groups in total. The smallest absolute Gasteiger partial charge is 0.325 e. The van der Waals surface area contributed by atoms with Crippen LogP contribution in [0.15, 0.2) is 18.2 Å².